The van der Waals surface area contributed by atoms with Gasteiger partial charge in [-0.2, -0.15) is 5.10 Å². The first kappa shape index (κ1) is 13.8. The molecule has 1 aromatic carbocycles. The molecule has 0 aliphatic carbocycles. The number of rotatable bonds is 4. The van der Waals surface area contributed by atoms with Gasteiger partial charge in [0.25, 0.3) is 0 Å². The molecule has 0 atom stereocenters. The van der Waals surface area contributed by atoms with Crippen molar-refractivity contribution < 1.29 is 0 Å². The predicted molar refractivity (Wildman–Crippen MR) is 79.1 cm³/mol. The van der Waals surface area contributed by atoms with E-state index in [1.165, 1.54) is 11.1 Å². The normalized spacial score (nSPS) is 11.8. The number of hydrogen-bond donors (Lipinski definition) is 1. The highest BCUT2D eigenvalue weighted by Gasteiger charge is 2.09. The Balaban J connectivity index is 1.95. The van der Waals surface area contributed by atoms with Gasteiger partial charge < -0.3 is 5.32 Å². The molecule has 0 saturated carbocycles. The number of nitrogens with one attached hydrogen (secondary N) is 1. The van der Waals surface area contributed by atoms with E-state index in [0.717, 1.165) is 18.8 Å². The van der Waals surface area contributed by atoms with Crippen molar-refractivity contribution in [1.82, 2.24) is 15.1 Å². The number of benzene rings is 1. The van der Waals surface area contributed by atoms with Crippen molar-refractivity contribution in [2.24, 2.45) is 0 Å². The van der Waals surface area contributed by atoms with Crippen LogP contribution in [-0.4, -0.2) is 15.3 Å². The zero-order chi connectivity index (χ0) is 13.9. The summed E-state index contributed by atoms with van der Waals surface area (Å²) in [6, 6.07) is 10.7. The Labute approximate surface area is 115 Å². The molecule has 0 unspecified atom stereocenters. The Hall–Kier alpha value is -1.61. The molecule has 0 aliphatic heterocycles. The Morgan fingerprint density at radius 3 is 2.42 bits per heavy atom. The first-order valence-electron chi connectivity index (χ1n) is 6.75. The minimum absolute atomic E-state index is 0.126. The van der Waals surface area contributed by atoms with Crippen molar-refractivity contribution in [2.75, 3.05) is 0 Å². The van der Waals surface area contributed by atoms with Crippen LogP contribution in [0.2, 0.25) is 0 Å². The van der Waals surface area contributed by atoms with Crippen molar-refractivity contribution in [3.63, 3.8) is 0 Å². The fourth-order valence-corrected chi connectivity index (χ4v) is 1.82. The highest BCUT2D eigenvalue weighted by atomic mass is 15.3. The standard InChI is InChI=1S/C16H23N3/c1-13-5-7-14(8-6-13)12-19-10-9-15(18-19)11-17-16(2,3)4/h5-10,17H,11-12H2,1-4H3. The molecule has 0 fully saturated rings. The maximum Gasteiger partial charge on any atom is 0.0762 e. The van der Waals surface area contributed by atoms with Gasteiger partial charge in [0.15, 0.2) is 0 Å². The lowest BCUT2D eigenvalue weighted by Gasteiger charge is -2.19. The monoisotopic (exact) mass is 257 g/mol. The van der Waals surface area contributed by atoms with Gasteiger partial charge in [0.05, 0.1) is 12.2 Å². The zero-order valence-corrected chi connectivity index (χ0v) is 12.3. The number of aryl methyl sites for hydroxylation is 1. The van der Waals surface area contributed by atoms with Crippen LogP contribution in [0.3, 0.4) is 0 Å². The van der Waals surface area contributed by atoms with Crippen LogP contribution in [0.25, 0.3) is 0 Å². The molecule has 0 aliphatic rings. The third-order valence-electron chi connectivity index (χ3n) is 2.96. The molecule has 3 nitrogen and oxygen atoms in total. The van der Waals surface area contributed by atoms with Gasteiger partial charge in [-0.3, -0.25) is 4.68 Å². The molecule has 0 bridgehead atoms. The summed E-state index contributed by atoms with van der Waals surface area (Å²) < 4.78 is 1.99. The highest BCUT2D eigenvalue weighted by Crippen LogP contribution is 2.07. The minimum Gasteiger partial charge on any atom is -0.306 e. The highest BCUT2D eigenvalue weighted by molar-refractivity contribution is 5.21. The van der Waals surface area contributed by atoms with Crippen LogP contribution in [0.4, 0.5) is 0 Å². The zero-order valence-electron chi connectivity index (χ0n) is 12.3. The van der Waals surface area contributed by atoms with Gasteiger partial charge in [-0.15, -0.1) is 0 Å². The van der Waals surface area contributed by atoms with Crippen molar-refractivity contribution >= 4 is 0 Å². The van der Waals surface area contributed by atoms with Crippen LogP contribution in [0, 0.1) is 6.92 Å². The molecule has 0 radical (unpaired) electrons. The molecule has 0 saturated heterocycles. The third kappa shape index (κ3) is 4.52. The molecule has 0 amide bonds. The van der Waals surface area contributed by atoms with Crippen molar-refractivity contribution in [1.29, 1.82) is 0 Å². The SMILES string of the molecule is Cc1ccc(Cn2ccc(CNC(C)(C)C)n2)cc1. The minimum atomic E-state index is 0.126. The molecular formula is C16H23N3. The molecule has 19 heavy (non-hydrogen) atoms. The number of hydrogen-bond acceptors (Lipinski definition) is 2. The van der Waals surface area contributed by atoms with Crippen molar-refractivity contribution in [2.45, 2.75) is 46.3 Å². The Morgan fingerprint density at radius 1 is 1.11 bits per heavy atom. The Kier molecular flexibility index (Phi) is 4.05. The second kappa shape index (κ2) is 5.57. The average Bonchev–Trinajstić information content (AvgIpc) is 2.77. The van der Waals surface area contributed by atoms with E-state index in [4.69, 9.17) is 0 Å². The van der Waals surface area contributed by atoms with Crippen LogP contribution < -0.4 is 5.32 Å². The van der Waals surface area contributed by atoms with Crippen LogP contribution in [0.5, 0.6) is 0 Å². The molecule has 1 N–H and O–H groups in total. The van der Waals surface area contributed by atoms with E-state index in [1.807, 2.05) is 10.9 Å². The largest absolute Gasteiger partial charge is 0.306 e. The van der Waals surface area contributed by atoms with E-state index in [9.17, 15) is 0 Å². The third-order valence-corrected chi connectivity index (χ3v) is 2.96. The van der Waals surface area contributed by atoms with E-state index in [1.54, 1.807) is 0 Å². The Bertz CT molecular complexity index is 518. The van der Waals surface area contributed by atoms with Gasteiger partial charge in [0.2, 0.25) is 0 Å². The summed E-state index contributed by atoms with van der Waals surface area (Å²) in [5.41, 5.74) is 3.78. The molecular weight excluding hydrogens is 234 g/mol. The smallest absolute Gasteiger partial charge is 0.0762 e. The molecule has 0 spiro atoms. The van der Waals surface area contributed by atoms with E-state index in [0.29, 0.717) is 0 Å². The van der Waals surface area contributed by atoms with E-state index >= 15 is 0 Å². The first-order chi connectivity index (χ1) is 8.92. The Morgan fingerprint density at radius 2 is 1.79 bits per heavy atom. The van der Waals surface area contributed by atoms with Crippen LogP contribution in [0.1, 0.15) is 37.6 Å². The summed E-state index contributed by atoms with van der Waals surface area (Å²) in [6.07, 6.45) is 2.04. The number of aromatic nitrogens is 2. The van der Waals surface area contributed by atoms with E-state index < -0.39 is 0 Å². The fourth-order valence-electron chi connectivity index (χ4n) is 1.82. The van der Waals surface area contributed by atoms with Gasteiger partial charge in [-0.1, -0.05) is 29.8 Å². The molecule has 1 heterocycles. The molecule has 1 aromatic heterocycles. The van der Waals surface area contributed by atoms with E-state index in [-0.39, 0.29) is 5.54 Å². The van der Waals surface area contributed by atoms with Gasteiger partial charge in [-0.05, 0) is 39.3 Å². The average molecular weight is 257 g/mol. The molecule has 2 aromatic rings. The van der Waals surface area contributed by atoms with Crippen LogP contribution >= 0.6 is 0 Å². The van der Waals surface area contributed by atoms with Gasteiger partial charge in [-0.25, -0.2) is 0 Å². The number of nitrogens with zero attached hydrogens (tertiary/aromatic N) is 2. The van der Waals surface area contributed by atoms with E-state index in [2.05, 4.69) is 68.4 Å². The van der Waals surface area contributed by atoms with Crippen LogP contribution in [0.15, 0.2) is 36.5 Å². The second-order valence-corrected chi connectivity index (χ2v) is 6.09. The molecule has 102 valence electrons. The van der Waals surface area contributed by atoms with Gasteiger partial charge in [0, 0.05) is 18.3 Å². The maximum absolute atomic E-state index is 4.59. The molecule has 2 rings (SSSR count). The maximum atomic E-state index is 4.59. The quantitative estimate of drug-likeness (QED) is 0.912. The first-order valence-corrected chi connectivity index (χ1v) is 6.75. The predicted octanol–water partition coefficient (Wildman–Crippen LogP) is 3.13. The van der Waals surface area contributed by atoms with Crippen molar-refractivity contribution in [3.8, 4) is 0 Å². The van der Waals surface area contributed by atoms with Gasteiger partial charge in [0.1, 0.15) is 0 Å². The summed E-state index contributed by atoms with van der Waals surface area (Å²) in [5.74, 6) is 0. The molecule has 3 heteroatoms. The summed E-state index contributed by atoms with van der Waals surface area (Å²) >= 11 is 0. The fraction of sp³-hybridized carbons (Fsp3) is 0.438. The summed E-state index contributed by atoms with van der Waals surface area (Å²) in [7, 11) is 0. The topological polar surface area (TPSA) is 29.9 Å². The lowest BCUT2D eigenvalue weighted by molar-refractivity contribution is 0.419. The summed E-state index contributed by atoms with van der Waals surface area (Å²) in [4.78, 5) is 0. The van der Waals surface area contributed by atoms with Crippen LogP contribution in [-0.2, 0) is 13.1 Å². The lowest BCUT2D eigenvalue weighted by Crippen LogP contribution is -2.35. The summed E-state index contributed by atoms with van der Waals surface area (Å²) in [5, 5.41) is 8.03. The second-order valence-electron chi connectivity index (χ2n) is 6.09. The lowest BCUT2D eigenvalue weighted by atomic mass is 10.1. The van der Waals surface area contributed by atoms with Crippen molar-refractivity contribution in [3.05, 3.63) is 53.3 Å². The van der Waals surface area contributed by atoms with Gasteiger partial charge >= 0.3 is 0 Å². The summed E-state index contributed by atoms with van der Waals surface area (Å²) in [6.45, 7) is 10.2.